The lowest BCUT2D eigenvalue weighted by molar-refractivity contribution is -0.150. The quantitative estimate of drug-likeness (QED) is 0.725. The fraction of sp³-hybridized carbons (Fsp3) is 0.833. The standard InChI is InChI=1S/C12H22NO2/c1-12(2,3)15-11(14)8-4-6-10-7-5-9-13-10/h8,10,13H,4-7,9H2,1-3H3. The molecule has 1 atom stereocenters. The normalized spacial score (nSPS) is 21.7. The Bertz CT molecular complexity index is 202. The molecular weight excluding hydrogens is 190 g/mol. The second-order valence-electron chi connectivity index (χ2n) is 5.11. The van der Waals surface area contributed by atoms with Gasteiger partial charge in [-0.15, -0.1) is 0 Å². The molecule has 1 unspecified atom stereocenters. The molecule has 3 heteroatoms. The molecule has 0 saturated carbocycles. The van der Waals surface area contributed by atoms with Crippen LogP contribution in [-0.4, -0.2) is 24.2 Å². The zero-order valence-electron chi connectivity index (χ0n) is 10.0. The predicted molar refractivity (Wildman–Crippen MR) is 60.4 cm³/mol. The van der Waals surface area contributed by atoms with Gasteiger partial charge in [0.05, 0.1) is 6.42 Å². The summed E-state index contributed by atoms with van der Waals surface area (Å²) in [6.45, 7) is 6.78. The van der Waals surface area contributed by atoms with Crippen LogP contribution < -0.4 is 5.32 Å². The van der Waals surface area contributed by atoms with E-state index >= 15 is 0 Å². The van der Waals surface area contributed by atoms with Crippen molar-refractivity contribution in [3.05, 3.63) is 6.42 Å². The summed E-state index contributed by atoms with van der Waals surface area (Å²) in [6.07, 6.45) is 6.01. The van der Waals surface area contributed by atoms with E-state index in [1.807, 2.05) is 20.8 Å². The zero-order chi connectivity index (χ0) is 11.3. The van der Waals surface area contributed by atoms with Gasteiger partial charge in [-0.1, -0.05) is 0 Å². The van der Waals surface area contributed by atoms with Crippen molar-refractivity contribution < 1.29 is 9.53 Å². The van der Waals surface area contributed by atoms with Gasteiger partial charge in [0.1, 0.15) is 5.60 Å². The van der Waals surface area contributed by atoms with E-state index in [1.165, 1.54) is 12.8 Å². The Balaban J connectivity index is 2.06. The van der Waals surface area contributed by atoms with Crippen molar-refractivity contribution in [2.75, 3.05) is 6.54 Å². The van der Waals surface area contributed by atoms with Gasteiger partial charge < -0.3 is 10.1 Å². The van der Waals surface area contributed by atoms with Crippen LogP contribution in [-0.2, 0) is 9.53 Å². The molecular formula is C12H22NO2. The maximum absolute atomic E-state index is 11.3. The molecule has 0 aromatic rings. The summed E-state index contributed by atoms with van der Waals surface area (Å²) < 4.78 is 5.19. The van der Waals surface area contributed by atoms with Gasteiger partial charge in [0.25, 0.3) is 0 Å². The van der Waals surface area contributed by atoms with Gasteiger partial charge in [0.15, 0.2) is 0 Å². The lowest BCUT2D eigenvalue weighted by Gasteiger charge is -2.19. The second-order valence-corrected chi connectivity index (χ2v) is 5.11. The molecule has 0 aromatic carbocycles. The molecule has 0 amide bonds. The van der Waals surface area contributed by atoms with Crippen LogP contribution in [0.4, 0.5) is 0 Å². The van der Waals surface area contributed by atoms with E-state index in [0.717, 1.165) is 19.4 Å². The summed E-state index contributed by atoms with van der Waals surface area (Å²) in [7, 11) is 0. The number of carbonyl (C=O) groups is 1. The highest BCUT2D eigenvalue weighted by Crippen LogP contribution is 2.13. The van der Waals surface area contributed by atoms with Crippen molar-refractivity contribution in [1.29, 1.82) is 0 Å². The molecule has 1 N–H and O–H groups in total. The van der Waals surface area contributed by atoms with Gasteiger partial charge in [-0.25, -0.2) is 0 Å². The van der Waals surface area contributed by atoms with Crippen molar-refractivity contribution in [3.8, 4) is 0 Å². The summed E-state index contributed by atoms with van der Waals surface area (Å²) in [5.41, 5.74) is -0.376. The summed E-state index contributed by atoms with van der Waals surface area (Å²) >= 11 is 0. The van der Waals surface area contributed by atoms with Crippen LogP contribution in [0.25, 0.3) is 0 Å². The van der Waals surface area contributed by atoms with Crippen LogP contribution >= 0.6 is 0 Å². The topological polar surface area (TPSA) is 38.3 Å². The Labute approximate surface area is 92.6 Å². The van der Waals surface area contributed by atoms with Crippen LogP contribution in [0.3, 0.4) is 0 Å². The summed E-state index contributed by atoms with van der Waals surface area (Å²) in [5.74, 6) is -0.194. The average molecular weight is 212 g/mol. The molecule has 3 nitrogen and oxygen atoms in total. The molecule has 1 radical (unpaired) electrons. The molecule has 1 rings (SSSR count). The monoisotopic (exact) mass is 212 g/mol. The lowest BCUT2D eigenvalue weighted by Crippen LogP contribution is -2.25. The number of carbonyl (C=O) groups excluding carboxylic acids is 1. The van der Waals surface area contributed by atoms with Gasteiger partial charge in [-0.05, 0) is 53.0 Å². The van der Waals surface area contributed by atoms with E-state index in [-0.39, 0.29) is 11.6 Å². The van der Waals surface area contributed by atoms with Crippen molar-refractivity contribution in [2.24, 2.45) is 0 Å². The van der Waals surface area contributed by atoms with Gasteiger partial charge in [-0.2, -0.15) is 0 Å². The molecule has 0 spiro atoms. The van der Waals surface area contributed by atoms with Crippen LogP contribution in [0.15, 0.2) is 0 Å². The predicted octanol–water partition coefficient (Wildman–Crippen LogP) is 2.06. The molecule has 0 aliphatic carbocycles. The van der Waals surface area contributed by atoms with E-state index in [4.69, 9.17) is 4.74 Å². The first-order valence-corrected chi connectivity index (χ1v) is 5.77. The number of rotatable bonds is 4. The van der Waals surface area contributed by atoms with Crippen LogP contribution in [0.5, 0.6) is 0 Å². The van der Waals surface area contributed by atoms with Gasteiger partial charge in [0, 0.05) is 6.04 Å². The summed E-state index contributed by atoms with van der Waals surface area (Å²) in [4.78, 5) is 11.3. The number of hydrogen-bond donors (Lipinski definition) is 1. The second kappa shape index (κ2) is 5.50. The Kier molecular flexibility index (Phi) is 4.58. The van der Waals surface area contributed by atoms with Gasteiger partial charge in [-0.3, -0.25) is 4.79 Å². The first-order valence-electron chi connectivity index (χ1n) is 5.77. The highest BCUT2D eigenvalue weighted by molar-refractivity contribution is 5.79. The average Bonchev–Trinajstić information content (AvgIpc) is 2.53. The Morgan fingerprint density at radius 3 is 2.80 bits per heavy atom. The van der Waals surface area contributed by atoms with E-state index in [9.17, 15) is 4.79 Å². The number of nitrogens with one attached hydrogen (secondary N) is 1. The van der Waals surface area contributed by atoms with Gasteiger partial charge >= 0.3 is 5.97 Å². The van der Waals surface area contributed by atoms with Crippen molar-refractivity contribution in [2.45, 2.75) is 58.1 Å². The van der Waals surface area contributed by atoms with E-state index < -0.39 is 0 Å². The first kappa shape index (κ1) is 12.5. The van der Waals surface area contributed by atoms with Crippen molar-refractivity contribution >= 4 is 5.97 Å². The molecule has 1 saturated heterocycles. The Morgan fingerprint density at radius 2 is 2.27 bits per heavy atom. The SMILES string of the molecule is CC(C)(C)OC(=O)[CH]CCC1CCCN1. The van der Waals surface area contributed by atoms with E-state index in [0.29, 0.717) is 6.04 Å². The molecule has 1 fully saturated rings. The minimum Gasteiger partial charge on any atom is -0.460 e. The minimum atomic E-state index is -0.376. The van der Waals surface area contributed by atoms with Crippen LogP contribution in [0.2, 0.25) is 0 Å². The number of hydrogen-bond acceptors (Lipinski definition) is 3. The Morgan fingerprint density at radius 1 is 1.53 bits per heavy atom. The van der Waals surface area contributed by atoms with E-state index in [2.05, 4.69) is 5.32 Å². The largest absolute Gasteiger partial charge is 0.460 e. The smallest absolute Gasteiger partial charge is 0.310 e. The zero-order valence-corrected chi connectivity index (χ0v) is 10.0. The maximum atomic E-state index is 11.3. The fourth-order valence-electron chi connectivity index (χ4n) is 1.75. The molecule has 1 aliphatic rings. The third-order valence-corrected chi connectivity index (χ3v) is 2.40. The number of ether oxygens (including phenoxy) is 1. The number of esters is 1. The van der Waals surface area contributed by atoms with Gasteiger partial charge in [0.2, 0.25) is 0 Å². The summed E-state index contributed by atoms with van der Waals surface area (Å²) in [6, 6.07) is 0.601. The first-order chi connectivity index (χ1) is 6.97. The minimum absolute atomic E-state index is 0.194. The molecule has 87 valence electrons. The molecule has 0 bridgehead atoms. The Hall–Kier alpha value is -0.570. The van der Waals surface area contributed by atoms with Crippen molar-refractivity contribution in [3.63, 3.8) is 0 Å². The third kappa shape index (κ3) is 5.78. The third-order valence-electron chi connectivity index (χ3n) is 2.40. The van der Waals surface area contributed by atoms with Crippen LogP contribution in [0.1, 0.15) is 46.5 Å². The van der Waals surface area contributed by atoms with Crippen molar-refractivity contribution in [1.82, 2.24) is 5.32 Å². The molecule has 0 aromatic heterocycles. The lowest BCUT2D eigenvalue weighted by atomic mass is 10.1. The maximum Gasteiger partial charge on any atom is 0.310 e. The summed E-state index contributed by atoms with van der Waals surface area (Å²) in [5, 5.41) is 3.41. The highest BCUT2D eigenvalue weighted by Gasteiger charge is 2.18. The molecule has 1 aliphatic heterocycles. The van der Waals surface area contributed by atoms with E-state index in [1.54, 1.807) is 6.42 Å². The molecule has 1 heterocycles. The molecule has 15 heavy (non-hydrogen) atoms. The fourth-order valence-corrected chi connectivity index (χ4v) is 1.75. The van der Waals surface area contributed by atoms with Crippen LogP contribution in [0, 0.1) is 6.42 Å². The highest BCUT2D eigenvalue weighted by atomic mass is 16.6.